The SMILES string of the molecule is CC1CC(C(=O)O)C(c2nc3cccc(Cl)c3s2)C1. The fourth-order valence-electron chi connectivity index (χ4n) is 2.93. The van der Waals surface area contributed by atoms with Gasteiger partial charge in [0.25, 0.3) is 0 Å². The van der Waals surface area contributed by atoms with Crippen LogP contribution in [0.25, 0.3) is 10.2 Å². The van der Waals surface area contributed by atoms with Gasteiger partial charge in [-0.1, -0.05) is 24.6 Å². The molecule has 1 aliphatic carbocycles. The van der Waals surface area contributed by atoms with Crippen LogP contribution in [0.2, 0.25) is 5.02 Å². The molecule has 19 heavy (non-hydrogen) atoms. The maximum absolute atomic E-state index is 11.4. The van der Waals surface area contributed by atoms with E-state index >= 15 is 0 Å². The van der Waals surface area contributed by atoms with Crippen molar-refractivity contribution >= 4 is 39.1 Å². The molecule has 1 saturated carbocycles. The molecule has 1 aromatic heterocycles. The topological polar surface area (TPSA) is 50.2 Å². The first-order chi connectivity index (χ1) is 9.06. The lowest BCUT2D eigenvalue weighted by Crippen LogP contribution is -2.16. The highest BCUT2D eigenvalue weighted by atomic mass is 35.5. The van der Waals surface area contributed by atoms with Gasteiger partial charge in [0.1, 0.15) is 0 Å². The quantitative estimate of drug-likeness (QED) is 0.905. The Morgan fingerprint density at radius 1 is 1.47 bits per heavy atom. The van der Waals surface area contributed by atoms with Crippen molar-refractivity contribution in [1.29, 1.82) is 0 Å². The molecule has 1 aliphatic rings. The Hall–Kier alpha value is -1.13. The van der Waals surface area contributed by atoms with E-state index in [4.69, 9.17) is 11.6 Å². The predicted molar refractivity (Wildman–Crippen MR) is 76.9 cm³/mol. The molecule has 3 atom stereocenters. The van der Waals surface area contributed by atoms with Crippen molar-refractivity contribution < 1.29 is 9.90 Å². The average molecular weight is 296 g/mol. The number of rotatable bonds is 2. The largest absolute Gasteiger partial charge is 0.481 e. The van der Waals surface area contributed by atoms with E-state index in [2.05, 4.69) is 11.9 Å². The molecule has 0 radical (unpaired) electrons. The van der Waals surface area contributed by atoms with Gasteiger partial charge in [0.15, 0.2) is 0 Å². The molecule has 0 amide bonds. The molecular formula is C14H14ClNO2S. The second-order valence-corrected chi connectivity index (χ2v) is 6.71. The first-order valence-corrected chi connectivity index (χ1v) is 7.53. The second kappa shape index (κ2) is 4.76. The summed E-state index contributed by atoms with van der Waals surface area (Å²) in [4.78, 5) is 16.0. The lowest BCUT2D eigenvalue weighted by molar-refractivity contribution is -0.142. The van der Waals surface area contributed by atoms with E-state index in [9.17, 15) is 9.90 Å². The van der Waals surface area contributed by atoms with E-state index in [1.807, 2.05) is 18.2 Å². The summed E-state index contributed by atoms with van der Waals surface area (Å²) < 4.78 is 0.961. The molecule has 3 unspecified atom stereocenters. The molecule has 5 heteroatoms. The van der Waals surface area contributed by atoms with E-state index in [1.54, 1.807) is 0 Å². The van der Waals surface area contributed by atoms with Crippen LogP contribution in [0, 0.1) is 11.8 Å². The molecule has 1 aromatic carbocycles. The fourth-order valence-corrected chi connectivity index (χ4v) is 4.36. The molecule has 2 aromatic rings. The summed E-state index contributed by atoms with van der Waals surface area (Å²) in [5, 5.41) is 11.0. The highest BCUT2D eigenvalue weighted by Gasteiger charge is 2.39. The van der Waals surface area contributed by atoms with Gasteiger partial charge in [-0.3, -0.25) is 4.79 Å². The molecule has 100 valence electrons. The minimum absolute atomic E-state index is 0.0287. The molecule has 0 aliphatic heterocycles. The van der Waals surface area contributed by atoms with Crippen LogP contribution in [-0.4, -0.2) is 16.1 Å². The highest BCUT2D eigenvalue weighted by Crippen LogP contribution is 2.45. The number of aliphatic carboxylic acids is 1. The first-order valence-electron chi connectivity index (χ1n) is 6.34. The van der Waals surface area contributed by atoms with Crippen LogP contribution in [0.3, 0.4) is 0 Å². The van der Waals surface area contributed by atoms with Crippen LogP contribution in [0.1, 0.15) is 30.7 Å². The van der Waals surface area contributed by atoms with Crippen LogP contribution < -0.4 is 0 Å². The molecular weight excluding hydrogens is 282 g/mol. The number of aromatic nitrogens is 1. The minimum Gasteiger partial charge on any atom is -0.481 e. The Labute approximate surface area is 120 Å². The van der Waals surface area contributed by atoms with Gasteiger partial charge >= 0.3 is 5.97 Å². The van der Waals surface area contributed by atoms with Gasteiger partial charge in [-0.2, -0.15) is 0 Å². The standard InChI is InChI=1S/C14H14ClNO2S/c1-7-5-8(9(6-7)14(17)18)13-16-11-4-2-3-10(15)12(11)19-13/h2-4,7-9H,5-6H2,1H3,(H,17,18). The Kier molecular flexibility index (Phi) is 3.23. The monoisotopic (exact) mass is 295 g/mol. The lowest BCUT2D eigenvalue weighted by atomic mass is 9.97. The molecule has 1 heterocycles. The number of nitrogens with zero attached hydrogens (tertiary/aromatic N) is 1. The smallest absolute Gasteiger partial charge is 0.307 e. The number of thiazole rings is 1. The van der Waals surface area contributed by atoms with E-state index in [0.29, 0.717) is 10.9 Å². The van der Waals surface area contributed by atoms with Gasteiger partial charge in [0.05, 0.1) is 26.2 Å². The van der Waals surface area contributed by atoms with Crippen molar-refractivity contribution in [3.8, 4) is 0 Å². The Morgan fingerprint density at radius 3 is 2.95 bits per heavy atom. The molecule has 0 saturated heterocycles. The second-order valence-electron chi connectivity index (χ2n) is 5.27. The van der Waals surface area contributed by atoms with Crippen LogP contribution in [-0.2, 0) is 4.79 Å². The number of hydrogen-bond acceptors (Lipinski definition) is 3. The summed E-state index contributed by atoms with van der Waals surface area (Å²) in [5.74, 6) is -0.552. The van der Waals surface area contributed by atoms with Crippen LogP contribution in [0.4, 0.5) is 0 Å². The summed E-state index contributed by atoms with van der Waals surface area (Å²) in [6.45, 7) is 2.11. The molecule has 0 bridgehead atoms. The summed E-state index contributed by atoms with van der Waals surface area (Å²) >= 11 is 7.70. The lowest BCUT2D eigenvalue weighted by Gasteiger charge is -2.11. The number of carbonyl (C=O) groups is 1. The number of carboxylic acids is 1. The fraction of sp³-hybridized carbons (Fsp3) is 0.429. The molecule has 3 nitrogen and oxygen atoms in total. The van der Waals surface area contributed by atoms with Crippen molar-refractivity contribution in [3.05, 3.63) is 28.2 Å². The maximum atomic E-state index is 11.4. The van der Waals surface area contributed by atoms with Crippen molar-refractivity contribution in [2.45, 2.75) is 25.7 Å². The van der Waals surface area contributed by atoms with E-state index in [1.165, 1.54) is 11.3 Å². The van der Waals surface area contributed by atoms with Crippen LogP contribution in [0.5, 0.6) is 0 Å². The van der Waals surface area contributed by atoms with Gasteiger partial charge in [-0.15, -0.1) is 11.3 Å². The first kappa shape index (κ1) is 12.9. The number of carboxylic acid groups (broad SMARTS) is 1. The minimum atomic E-state index is -0.709. The summed E-state index contributed by atoms with van der Waals surface area (Å²) in [7, 11) is 0. The number of halogens is 1. The van der Waals surface area contributed by atoms with Gasteiger partial charge in [-0.25, -0.2) is 4.98 Å². The zero-order valence-electron chi connectivity index (χ0n) is 10.5. The normalized spacial score (nSPS) is 26.9. The molecule has 1 N–H and O–H groups in total. The van der Waals surface area contributed by atoms with Crippen LogP contribution >= 0.6 is 22.9 Å². The summed E-state index contributed by atoms with van der Waals surface area (Å²) in [5.41, 5.74) is 0.871. The van der Waals surface area contributed by atoms with Crippen molar-refractivity contribution in [1.82, 2.24) is 4.98 Å². The van der Waals surface area contributed by atoms with E-state index in [-0.39, 0.29) is 11.8 Å². The summed E-state index contributed by atoms with van der Waals surface area (Å²) in [6.07, 6.45) is 1.64. The Balaban J connectivity index is 2.04. The molecule has 1 fully saturated rings. The van der Waals surface area contributed by atoms with Gasteiger partial charge in [0.2, 0.25) is 0 Å². The summed E-state index contributed by atoms with van der Waals surface area (Å²) in [6, 6.07) is 5.65. The van der Waals surface area contributed by atoms with Crippen LogP contribution in [0.15, 0.2) is 18.2 Å². The number of hydrogen-bond donors (Lipinski definition) is 1. The van der Waals surface area contributed by atoms with E-state index in [0.717, 1.165) is 28.1 Å². The third kappa shape index (κ3) is 2.23. The predicted octanol–water partition coefficient (Wildman–Crippen LogP) is 4.16. The third-order valence-electron chi connectivity index (χ3n) is 3.82. The number of fused-ring (bicyclic) bond motifs is 1. The van der Waals surface area contributed by atoms with Gasteiger partial charge in [-0.05, 0) is 30.9 Å². The maximum Gasteiger partial charge on any atom is 0.307 e. The molecule has 3 rings (SSSR count). The van der Waals surface area contributed by atoms with Gasteiger partial charge < -0.3 is 5.11 Å². The van der Waals surface area contributed by atoms with Crippen molar-refractivity contribution in [3.63, 3.8) is 0 Å². The number of benzene rings is 1. The van der Waals surface area contributed by atoms with E-state index < -0.39 is 5.97 Å². The average Bonchev–Trinajstić information content (AvgIpc) is 2.93. The Bertz CT molecular complexity index is 639. The molecule has 0 spiro atoms. The Morgan fingerprint density at radius 2 is 2.26 bits per heavy atom. The van der Waals surface area contributed by atoms with Gasteiger partial charge in [0, 0.05) is 5.92 Å². The third-order valence-corrected chi connectivity index (χ3v) is 5.48. The zero-order chi connectivity index (χ0) is 13.6. The van der Waals surface area contributed by atoms with Crippen molar-refractivity contribution in [2.75, 3.05) is 0 Å². The zero-order valence-corrected chi connectivity index (χ0v) is 12.0. The highest BCUT2D eigenvalue weighted by molar-refractivity contribution is 7.19. The van der Waals surface area contributed by atoms with Crippen molar-refractivity contribution in [2.24, 2.45) is 11.8 Å².